The molecule has 1 aromatic carbocycles. The van der Waals surface area contributed by atoms with Crippen LogP contribution in [0.5, 0.6) is 0 Å². The molecule has 3 rings (SSSR count). The Bertz CT molecular complexity index is 727. The highest BCUT2D eigenvalue weighted by Gasteiger charge is 2.43. The summed E-state index contributed by atoms with van der Waals surface area (Å²) in [5, 5.41) is 0. The number of imidazole rings is 1. The lowest BCUT2D eigenvalue weighted by Crippen LogP contribution is -2.59. The molecule has 1 amide bonds. The average Bonchev–Trinajstić information content (AvgIpc) is 2.93. The van der Waals surface area contributed by atoms with E-state index in [0.29, 0.717) is 24.5 Å². The zero-order valence-electron chi connectivity index (χ0n) is 11.9. The first-order valence-corrected chi connectivity index (χ1v) is 6.54. The second kappa shape index (κ2) is 5.86. The van der Waals surface area contributed by atoms with Gasteiger partial charge in [-0.2, -0.15) is 9.48 Å². The van der Waals surface area contributed by atoms with Gasteiger partial charge in [-0.1, -0.05) is 12.1 Å². The summed E-state index contributed by atoms with van der Waals surface area (Å²) < 4.78 is 12.8. The Morgan fingerprint density at radius 2 is 2.00 bits per heavy atom. The molecule has 1 atom stereocenters. The number of nitrogens with one attached hydrogen (secondary N) is 1. The smallest absolute Gasteiger partial charge is 0.337 e. The maximum absolute atomic E-state index is 12.9. The Hall–Kier alpha value is -2.25. The number of benzene rings is 1. The number of carbonyl (C=O) groups excluding carboxylic acids is 1. The number of H-pyrrole nitrogens is 1. The molecule has 0 bridgehead atoms. The predicted octanol–water partition coefficient (Wildman–Crippen LogP) is 1.76. The zero-order valence-corrected chi connectivity index (χ0v) is 12.7. The van der Waals surface area contributed by atoms with Crippen molar-refractivity contribution in [1.29, 1.82) is 0 Å². The second-order valence-electron chi connectivity index (χ2n) is 5.17. The molecule has 0 radical (unpaired) electrons. The fraction of sp³-hybridized carbons (Fsp3) is 0.214. The fourth-order valence-corrected chi connectivity index (χ4v) is 2.32. The van der Waals surface area contributed by atoms with Gasteiger partial charge in [-0.05, 0) is 17.7 Å². The van der Waals surface area contributed by atoms with E-state index in [4.69, 9.17) is 5.73 Å². The van der Waals surface area contributed by atoms with Crippen molar-refractivity contribution in [2.24, 2.45) is 10.7 Å². The summed E-state index contributed by atoms with van der Waals surface area (Å²) in [6, 6.07) is 6.20. The third kappa shape index (κ3) is 2.60. The molecule has 22 heavy (non-hydrogen) atoms. The van der Waals surface area contributed by atoms with E-state index in [-0.39, 0.29) is 34.6 Å². The molecule has 1 unspecified atom stereocenters. The van der Waals surface area contributed by atoms with Gasteiger partial charge < -0.3 is 10.7 Å². The number of hydrogen-bond donors (Lipinski definition) is 2. The number of fused-ring (bicyclic) bond motifs is 1. The van der Waals surface area contributed by atoms with Crippen LogP contribution in [0.15, 0.2) is 35.6 Å². The van der Waals surface area contributed by atoms with Crippen molar-refractivity contribution in [1.82, 2.24) is 9.97 Å². The summed E-state index contributed by atoms with van der Waals surface area (Å²) in [7, 11) is 1.72. The highest BCUT2D eigenvalue weighted by Crippen LogP contribution is 2.25. The molecule has 6 nitrogen and oxygen atoms in total. The third-order valence-electron chi connectivity index (χ3n) is 3.77. The van der Waals surface area contributed by atoms with E-state index in [1.165, 1.54) is 18.5 Å². The van der Waals surface area contributed by atoms with E-state index >= 15 is 0 Å². The van der Waals surface area contributed by atoms with Crippen molar-refractivity contribution in [3.05, 3.63) is 47.7 Å². The highest BCUT2D eigenvalue weighted by molar-refractivity contribution is 6.01. The Labute approximate surface area is 132 Å². The molecule has 1 aromatic heterocycles. The monoisotopic (exact) mass is 324 g/mol. The van der Waals surface area contributed by atoms with Gasteiger partial charge in [-0.15, -0.1) is 12.4 Å². The predicted molar refractivity (Wildman–Crippen MR) is 82.6 cm³/mol. The summed E-state index contributed by atoms with van der Waals surface area (Å²) in [4.78, 5) is 23.5. The number of quaternary nitrogens is 1. The number of aromatic nitrogens is 2. The number of carbonyl (C=O) groups is 1. The molecule has 116 valence electrons. The fourth-order valence-electron chi connectivity index (χ4n) is 2.32. The normalized spacial score (nSPS) is 20.1. The van der Waals surface area contributed by atoms with Crippen molar-refractivity contribution in [2.75, 3.05) is 13.6 Å². The van der Waals surface area contributed by atoms with Crippen molar-refractivity contribution in [3.63, 3.8) is 0 Å². The lowest BCUT2D eigenvalue weighted by atomic mass is 10.1. The highest BCUT2D eigenvalue weighted by atomic mass is 35.5. The number of rotatable bonds is 3. The number of guanidine groups is 1. The van der Waals surface area contributed by atoms with E-state index in [1.807, 2.05) is 0 Å². The zero-order chi connectivity index (χ0) is 15.0. The molecule has 0 fully saturated rings. The van der Waals surface area contributed by atoms with E-state index in [1.54, 1.807) is 19.2 Å². The van der Waals surface area contributed by atoms with Crippen LogP contribution in [-0.2, 0) is 6.42 Å². The van der Waals surface area contributed by atoms with Gasteiger partial charge in [0.05, 0.1) is 19.9 Å². The van der Waals surface area contributed by atoms with Gasteiger partial charge >= 0.3 is 11.9 Å². The van der Waals surface area contributed by atoms with Crippen LogP contribution < -0.4 is 5.73 Å². The minimum atomic E-state index is -0.281. The van der Waals surface area contributed by atoms with Crippen LogP contribution in [0, 0.1) is 5.82 Å². The van der Waals surface area contributed by atoms with Crippen molar-refractivity contribution in [2.45, 2.75) is 6.42 Å². The average molecular weight is 325 g/mol. The molecule has 0 saturated carbocycles. The number of hydrogen-bond acceptors (Lipinski definition) is 4. The van der Waals surface area contributed by atoms with Crippen molar-refractivity contribution >= 4 is 30.1 Å². The number of likely N-dealkylation sites (N-methyl/N-ethyl adjacent to an activating group) is 1. The first-order chi connectivity index (χ1) is 10.0. The summed E-state index contributed by atoms with van der Waals surface area (Å²) >= 11 is 0. The van der Waals surface area contributed by atoms with Crippen LogP contribution in [0.3, 0.4) is 0 Å². The van der Waals surface area contributed by atoms with Gasteiger partial charge in [0.2, 0.25) is 0 Å². The minimum absolute atomic E-state index is 0. The van der Waals surface area contributed by atoms with Crippen LogP contribution in [0.4, 0.5) is 10.2 Å². The van der Waals surface area contributed by atoms with Crippen LogP contribution in [-0.4, -0.2) is 39.9 Å². The Morgan fingerprint density at radius 3 is 2.68 bits per heavy atom. The Morgan fingerprint density at radius 1 is 1.32 bits per heavy atom. The van der Waals surface area contributed by atoms with Crippen molar-refractivity contribution < 1.29 is 13.7 Å². The molecule has 8 heteroatoms. The molecule has 1 aliphatic rings. The number of nitrogens with zero attached hydrogens (tertiary/aromatic N) is 3. The van der Waals surface area contributed by atoms with Crippen LogP contribution in [0.1, 0.15) is 16.1 Å². The maximum Gasteiger partial charge on any atom is 0.373 e. The van der Waals surface area contributed by atoms with Crippen molar-refractivity contribution in [3.8, 4) is 0 Å². The molecule has 2 heterocycles. The summed E-state index contributed by atoms with van der Waals surface area (Å²) in [6.07, 6.45) is 2.01. The van der Waals surface area contributed by atoms with Gasteiger partial charge in [0.15, 0.2) is 11.5 Å². The van der Waals surface area contributed by atoms with E-state index in [2.05, 4.69) is 15.0 Å². The molecule has 3 N–H and O–H groups in total. The summed E-state index contributed by atoms with van der Waals surface area (Å²) in [5.41, 5.74) is 7.26. The number of halogens is 2. The number of amides is 1. The molecule has 0 saturated heterocycles. The topological polar surface area (TPSA) is 84.1 Å². The SMILES string of the molecule is C[N+]1(CCc2ccc(F)cc2)C(=O)c2[nH]cnc2N=C1N.Cl. The minimum Gasteiger partial charge on any atom is -0.337 e. The Balaban J connectivity index is 0.00000176. The molecule has 0 spiro atoms. The number of aliphatic imine (C=N–C) groups is 1. The molecule has 1 aliphatic heterocycles. The van der Waals surface area contributed by atoms with Gasteiger partial charge in [-0.25, -0.2) is 14.2 Å². The first-order valence-electron chi connectivity index (χ1n) is 6.54. The molecule has 0 aliphatic carbocycles. The summed E-state index contributed by atoms with van der Waals surface area (Å²) in [6.45, 7) is 0.443. The van der Waals surface area contributed by atoms with Gasteiger partial charge in [-0.3, -0.25) is 0 Å². The molecule has 2 aromatic rings. The lowest BCUT2D eigenvalue weighted by Gasteiger charge is -2.31. The maximum atomic E-state index is 12.9. The van der Waals surface area contributed by atoms with Crippen LogP contribution >= 0.6 is 12.4 Å². The molecular weight excluding hydrogens is 309 g/mol. The van der Waals surface area contributed by atoms with Crippen LogP contribution in [0.2, 0.25) is 0 Å². The van der Waals surface area contributed by atoms with E-state index in [0.717, 1.165) is 5.56 Å². The quantitative estimate of drug-likeness (QED) is 0.844. The van der Waals surface area contributed by atoms with E-state index in [9.17, 15) is 9.18 Å². The lowest BCUT2D eigenvalue weighted by molar-refractivity contribution is -0.736. The Kier molecular flexibility index (Phi) is 4.30. The van der Waals surface area contributed by atoms with Gasteiger partial charge in [0.25, 0.3) is 0 Å². The standard InChI is InChI=1S/C14H14FN5O.ClH/c1-20(7-6-9-2-4-10(15)5-3-9)13(21)11-12(18-8-17-11)19-14(20)16;/h2-5,8H,6-7H2,1H3,(H2-,16,17,18,19,21);1H/p+1. The third-order valence-corrected chi connectivity index (χ3v) is 3.77. The number of aromatic amines is 1. The largest absolute Gasteiger partial charge is 0.373 e. The first kappa shape index (κ1) is 16.1. The molecular formula is C14H16ClFN5O+. The van der Waals surface area contributed by atoms with Gasteiger partial charge in [0.1, 0.15) is 5.82 Å². The number of nitrogens with two attached hydrogens (primary N) is 1. The van der Waals surface area contributed by atoms with Gasteiger partial charge in [0, 0.05) is 6.42 Å². The van der Waals surface area contributed by atoms with Crippen LogP contribution in [0.25, 0.3) is 0 Å². The van der Waals surface area contributed by atoms with E-state index < -0.39 is 0 Å². The summed E-state index contributed by atoms with van der Waals surface area (Å²) in [5.74, 6) is 0.0880. The second-order valence-corrected chi connectivity index (χ2v) is 5.17.